The molecule has 0 spiro atoms. The fraction of sp³-hybridized carbons (Fsp3) is 0.458. The number of carbonyl (C=O) groups excluding carboxylic acids is 1. The monoisotopic (exact) mass is 557 g/mol. The van der Waals surface area contributed by atoms with E-state index in [1.165, 1.54) is 51.3 Å². The number of nitrogens with two attached hydrogens (primary N) is 1. The molecule has 0 bridgehead atoms. The molecule has 1 amide bonds. The number of rotatable bonds is 9. The van der Waals surface area contributed by atoms with Crippen molar-refractivity contribution in [1.82, 2.24) is 10.6 Å². The van der Waals surface area contributed by atoms with Crippen LogP contribution in [0.1, 0.15) is 56.5 Å². The quantitative estimate of drug-likeness (QED) is 0.397. The normalized spacial score (nSPS) is 18.7. The lowest BCUT2D eigenvalue weighted by atomic mass is 9.89. The van der Waals surface area contributed by atoms with Gasteiger partial charge in [-0.3, -0.25) is 10.1 Å². The number of fused-ring (bicyclic) bond motifs is 1. The third-order valence-corrected chi connectivity index (χ3v) is 9.14. The second-order valence-corrected chi connectivity index (χ2v) is 13.4. The molecule has 1 heterocycles. The third kappa shape index (κ3) is 6.58. The van der Waals surface area contributed by atoms with E-state index in [0.717, 1.165) is 6.07 Å². The van der Waals surface area contributed by atoms with E-state index in [0.29, 0.717) is 17.7 Å². The van der Waals surface area contributed by atoms with Crippen LogP contribution >= 0.6 is 0 Å². The van der Waals surface area contributed by atoms with Crippen LogP contribution in [0.4, 0.5) is 4.39 Å². The highest BCUT2D eigenvalue weighted by Crippen LogP contribution is 2.41. The zero-order valence-electron chi connectivity index (χ0n) is 21.2. The molecule has 13 heteroatoms. The van der Waals surface area contributed by atoms with Gasteiger partial charge in [-0.15, -0.1) is 0 Å². The van der Waals surface area contributed by atoms with Crippen LogP contribution in [-0.2, 0) is 24.7 Å². The SMILES string of the molecule is CCS(=O)(=O)C(c1ccc(OC)c(S(N)(=O)=O)c1)C(NC(C)=O)NC1CC(C)(C)Oc2ccc(F)cc21. The van der Waals surface area contributed by atoms with Crippen LogP contribution in [0, 0.1) is 5.82 Å². The van der Waals surface area contributed by atoms with Crippen LogP contribution in [0.5, 0.6) is 11.5 Å². The molecule has 1 aliphatic rings. The maximum atomic E-state index is 14.2. The highest BCUT2D eigenvalue weighted by Gasteiger charge is 2.40. The molecule has 0 aliphatic carbocycles. The Bertz CT molecular complexity index is 1400. The third-order valence-electron chi connectivity index (χ3n) is 6.08. The van der Waals surface area contributed by atoms with Gasteiger partial charge < -0.3 is 14.8 Å². The average molecular weight is 558 g/mol. The van der Waals surface area contributed by atoms with Gasteiger partial charge in [-0.1, -0.05) is 13.0 Å². The van der Waals surface area contributed by atoms with Crippen molar-refractivity contribution in [2.75, 3.05) is 12.9 Å². The molecule has 0 radical (unpaired) electrons. The summed E-state index contributed by atoms with van der Waals surface area (Å²) in [4.78, 5) is 11.8. The lowest BCUT2D eigenvalue weighted by Gasteiger charge is -2.40. The van der Waals surface area contributed by atoms with Gasteiger partial charge in [0.05, 0.1) is 7.11 Å². The fourth-order valence-electron chi connectivity index (χ4n) is 4.49. The molecule has 0 aromatic heterocycles. The molecule has 2 aromatic rings. The largest absolute Gasteiger partial charge is 0.495 e. The molecule has 0 fully saturated rings. The summed E-state index contributed by atoms with van der Waals surface area (Å²) in [5.74, 6) is -0.974. The molecule has 4 N–H and O–H groups in total. The number of primary sulfonamides is 1. The molecule has 0 saturated heterocycles. The number of hydrogen-bond acceptors (Lipinski definition) is 8. The zero-order valence-corrected chi connectivity index (χ0v) is 22.9. The van der Waals surface area contributed by atoms with Crippen molar-refractivity contribution in [3.05, 3.63) is 53.3 Å². The Morgan fingerprint density at radius 1 is 1.22 bits per heavy atom. The van der Waals surface area contributed by atoms with E-state index >= 15 is 0 Å². The topological polar surface area (TPSA) is 154 Å². The van der Waals surface area contributed by atoms with Gasteiger partial charge >= 0.3 is 0 Å². The van der Waals surface area contributed by atoms with Gasteiger partial charge in [0, 0.05) is 30.7 Å². The summed E-state index contributed by atoms with van der Waals surface area (Å²) in [5.41, 5.74) is -0.158. The number of sulfone groups is 1. The first-order valence-corrected chi connectivity index (χ1v) is 14.8. The number of amides is 1. The zero-order chi connectivity index (χ0) is 27.8. The van der Waals surface area contributed by atoms with Gasteiger partial charge in [0.25, 0.3) is 0 Å². The summed E-state index contributed by atoms with van der Waals surface area (Å²) in [6.07, 6.45) is -0.900. The van der Waals surface area contributed by atoms with Crippen LogP contribution in [0.25, 0.3) is 0 Å². The molecule has 3 atom stereocenters. The summed E-state index contributed by atoms with van der Waals surface area (Å²) in [6.45, 7) is 6.35. The van der Waals surface area contributed by atoms with E-state index in [1.54, 1.807) is 0 Å². The minimum Gasteiger partial charge on any atom is -0.495 e. The van der Waals surface area contributed by atoms with Crippen LogP contribution in [-0.4, -0.2) is 47.4 Å². The Hall–Kier alpha value is -2.74. The van der Waals surface area contributed by atoms with E-state index in [-0.39, 0.29) is 17.1 Å². The highest BCUT2D eigenvalue weighted by molar-refractivity contribution is 7.91. The van der Waals surface area contributed by atoms with Crippen molar-refractivity contribution in [2.24, 2.45) is 5.14 Å². The van der Waals surface area contributed by atoms with Gasteiger partial charge in [-0.05, 0) is 49.7 Å². The van der Waals surface area contributed by atoms with Crippen molar-refractivity contribution in [3.63, 3.8) is 0 Å². The number of methoxy groups -OCH3 is 1. The Morgan fingerprint density at radius 3 is 2.46 bits per heavy atom. The first-order chi connectivity index (χ1) is 17.1. The maximum absolute atomic E-state index is 14.2. The van der Waals surface area contributed by atoms with Crippen LogP contribution in [0.15, 0.2) is 41.3 Å². The number of nitrogens with one attached hydrogen (secondary N) is 2. The van der Waals surface area contributed by atoms with Crippen molar-refractivity contribution in [2.45, 2.75) is 62.1 Å². The van der Waals surface area contributed by atoms with Gasteiger partial charge in [0.15, 0.2) is 9.84 Å². The second kappa shape index (κ2) is 10.6. The number of carbonyl (C=O) groups is 1. The van der Waals surface area contributed by atoms with E-state index in [9.17, 15) is 26.0 Å². The molecule has 37 heavy (non-hydrogen) atoms. The number of halogens is 1. The number of sulfonamides is 1. The molecule has 10 nitrogen and oxygen atoms in total. The maximum Gasteiger partial charge on any atom is 0.241 e. The smallest absolute Gasteiger partial charge is 0.241 e. The summed E-state index contributed by atoms with van der Waals surface area (Å²) < 4.78 is 76.5. The van der Waals surface area contributed by atoms with Gasteiger partial charge in [-0.2, -0.15) is 0 Å². The minimum absolute atomic E-state index is 0.0569. The summed E-state index contributed by atoms with van der Waals surface area (Å²) in [7, 11) is -6.98. The molecule has 0 saturated carbocycles. The number of benzene rings is 2. The summed E-state index contributed by atoms with van der Waals surface area (Å²) in [5, 5.41) is 9.77. The Kier molecular flexibility index (Phi) is 8.22. The van der Waals surface area contributed by atoms with Gasteiger partial charge in [0.2, 0.25) is 15.9 Å². The van der Waals surface area contributed by atoms with Crippen molar-refractivity contribution >= 4 is 25.8 Å². The van der Waals surface area contributed by atoms with Crippen molar-refractivity contribution in [1.29, 1.82) is 0 Å². The van der Waals surface area contributed by atoms with Crippen molar-refractivity contribution in [3.8, 4) is 11.5 Å². The molecule has 2 aromatic carbocycles. The van der Waals surface area contributed by atoms with Gasteiger partial charge in [0.1, 0.15) is 39.2 Å². The lowest BCUT2D eigenvalue weighted by Crippen LogP contribution is -2.53. The number of hydrogen-bond donors (Lipinski definition) is 3. The predicted molar refractivity (Wildman–Crippen MR) is 136 cm³/mol. The lowest BCUT2D eigenvalue weighted by molar-refractivity contribution is -0.120. The van der Waals surface area contributed by atoms with E-state index < -0.39 is 59.5 Å². The van der Waals surface area contributed by atoms with Crippen LogP contribution in [0.3, 0.4) is 0 Å². The fourth-order valence-corrected chi connectivity index (χ4v) is 6.71. The number of ether oxygens (including phenoxy) is 2. The molecular formula is C24H32FN3O7S2. The predicted octanol–water partition coefficient (Wildman–Crippen LogP) is 2.31. The summed E-state index contributed by atoms with van der Waals surface area (Å²) >= 11 is 0. The van der Waals surface area contributed by atoms with E-state index in [2.05, 4.69) is 10.6 Å². The highest BCUT2D eigenvalue weighted by atomic mass is 32.2. The molecule has 1 aliphatic heterocycles. The molecule has 3 unspecified atom stereocenters. The standard InChI is InChI=1S/C24H32FN3O7S2/c1-6-36(30,31)22(15-7-9-20(34-5)21(11-15)37(26,32)33)23(27-14(2)29)28-18-13-24(3,4)35-19-10-8-16(25)12-17(18)19/h7-12,18,22-23,28H,6,13H2,1-5H3,(H,27,29)(H2,26,32,33). The molecule has 204 valence electrons. The Balaban J connectivity index is 2.18. The average Bonchev–Trinajstić information content (AvgIpc) is 2.78. The summed E-state index contributed by atoms with van der Waals surface area (Å²) in [6, 6.07) is 7.28. The Morgan fingerprint density at radius 2 is 1.89 bits per heavy atom. The van der Waals surface area contributed by atoms with Gasteiger partial charge in [-0.25, -0.2) is 26.4 Å². The van der Waals surface area contributed by atoms with E-state index in [1.807, 2.05) is 13.8 Å². The molecule has 3 rings (SSSR count). The van der Waals surface area contributed by atoms with Crippen molar-refractivity contribution < 1.29 is 35.5 Å². The second-order valence-electron chi connectivity index (χ2n) is 9.47. The van der Waals surface area contributed by atoms with Crippen LogP contribution < -0.4 is 25.2 Å². The van der Waals surface area contributed by atoms with Crippen LogP contribution in [0.2, 0.25) is 0 Å². The van der Waals surface area contributed by atoms with E-state index in [4.69, 9.17) is 14.6 Å². The minimum atomic E-state index is -4.28. The Labute approximate surface area is 216 Å². The first-order valence-electron chi connectivity index (χ1n) is 11.5. The first kappa shape index (κ1) is 28.8. The molecular weight excluding hydrogens is 525 g/mol.